The summed E-state index contributed by atoms with van der Waals surface area (Å²) in [5.74, 6) is 0.339. The van der Waals surface area contributed by atoms with Crippen molar-refractivity contribution >= 4 is 18.3 Å². The van der Waals surface area contributed by atoms with E-state index in [2.05, 4.69) is 10.2 Å². The molecule has 3 atom stereocenters. The van der Waals surface area contributed by atoms with Crippen LogP contribution in [-0.4, -0.2) is 36.0 Å². The quantitative estimate of drug-likeness (QED) is 0.839. The van der Waals surface area contributed by atoms with Crippen molar-refractivity contribution in [2.45, 2.75) is 57.2 Å². The van der Waals surface area contributed by atoms with Gasteiger partial charge < -0.3 is 11.1 Å². The normalized spacial score (nSPS) is 26.9. The zero-order valence-electron chi connectivity index (χ0n) is 14.6. The summed E-state index contributed by atoms with van der Waals surface area (Å²) in [6.07, 6.45) is 6.40. The third-order valence-corrected chi connectivity index (χ3v) is 5.50. The molecule has 1 aromatic carbocycles. The van der Waals surface area contributed by atoms with E-state index in [0.717, 1.165) is 50.6 Å². The van der Waals surface area contributed by atoms with E-state index in [1.807, 2.05) is 0 Å². The van der Waals surface area contributed by atoms with Gasteiger partial charge in [0.1, 0.15) is 5.82 Å². The molecule has 1 aliphatic heterocycles. The smallest absolute Gasteiger partial charge is 0.237 e. The number of rotatable bonds is 5. The van der Waals surface area contributed by atoms with Gasteiger partial charge >= 0.3 is 0 Å². The van der Waals surface area contributed by atoms with Crippen LogP contribution in [0.4, 0.5) is 4.39 Å². The second-order valence-corrected chi connectivity index (χ2v) is 7.15. The van der Waals surface area contributed by atoms with Crippen LogP contribution in [0, 0.1) is 11.7 Å². The minimum atomic E-state index is -0.222. The van der Waals surface area contributed by atoms with Crippen molar-refractivity contribution in [2.75, 3.05) is 13.1 Å². The number of hydrogen-bond acceptors (Lipinski definition) is 3. The fraction of sp³-hybridized carbons (Fsp3) is 0.632. The monoisotopic (exact) mass is 369 g/mol. The first-order valence-electron chi connectivity index (χ1n) is 9.16. The SMILES string of the molecule is Cl.NCC1CCCC1NC(=O)C1CCCCN1Cc1ccc(F)cc1. The van der Waals surface area contributed by atoms with Crippen LogP contribution in [0.2, 0.25) is 0 Å². The van der Waals surface area contributed by atoms with Gasteiger partial charge in [0.15, 0.2) is 0 Å². The molecule has 1 heterocycles. The highest BCUT2D eigenvalue weighted by molar-refractivity contribution is 5.85. The highest BCUT2D eigenvalue weighted by Gasteiger charge is 2.33. The molecule has 25 heavy (non-hydrogen) atoms. The van der Waals surface area contributed by atoms with E-state index in [9.17, 15) is 9.18 Å². The Bertz CT molecular complexity index is 554. The first-order chi connectivity index (χ1) is 11.7. The third-order valence-electron chi connectivity index (χ3n) is 5.50. The Morgan fingerprint density at radius 2 is 1.92 bits per heavy atom. The Morgan fingerprint density at radius 1 is 1.16 bits per heavy atom. The van der Waals surface area contributed by atoms with E-state index < -0.39 is 0 Å². The lowest BCUT2D eigenvalue weighted by Crippen LogP contribution is -2.52. The van der Waals surface area contributed by atoms with Gasteiger partial charge in [0.2, 0.25) is 5.91 Å². The number of benzene rings is 1. The van der Waals surface area contributed by atoms with Gasteiger partial charge in [-0.15, -0.1) is 12.4 Å². The fourth-order valence-electron chi connectivity index (χ4n) is 4.09. The summed E-state index contributed by atoms with van der Waals surface area (Å²) in [5, 5.41) is 3.25. The van der Waals surface area contributed by atoms with Crippen LogP contribution < -0.4 is 11.1 Å². The summed E-state index contributed by atoms with van der Waals surface area (Å²) in [4.78, 5) is 15.1. The lowest BCUT2D eigenvalue weighted by molar-refractivity contribution is -0.128. The lowest BCUT2D eigenvalue weighted by Gasteiger charge is -2.35. The van der Waals surface area contributed by atoms with Crippen molar-refractivity contribution in [3.8, 4) is 0 Å². The van der Waals surface area contributed by atoms with E-state index in [1.54, 1.807) is 12.1 Å². The Hall–Kier alpha value is -1.17. The van der Waals surface area contributed by atoms with E-state index in [-0.39, 0.29) is 36.2 Å². The molecule has 1 aliphatic carbocycles. The van der Waals surface area contributed by atoms with Gasteiger partial charge in [0, 0.05) is 12.6 Å². The number of nitrogens with two attached hydrogens (primary N) is 1. The second kappa shape index (κ2) is 9.51. The molecule has 2 aliphatic rings. The summed E-state index contributed by atoms with van der Waals surface area (Å²) in [6.45, 7) is 2.26. The average molecular weight is 370 g/mol. The molecule has 0 aromatic heterocycles. The number of likely N-dealkylation sites (tertiary alicyclic amines) is 1. The molecule has 1 amide bonds. The van der Waals surface area contributed by atoms with Crippen molar-refractivity contribution in [1.82, 2.24) is 10.2 Å². The van der Waals surface area contributed by atoms with Crippen molar-refractivity contribution in [3.63, 3.8) is 0 Å². The first kappa shape index (κ1) is 20.1. The molecular weight excluding hydrogens is 341 g/mol. The van der Waals surface area contributed by atoms with Crippen molar-refractivity contribution in [1.29, 1.82) is 0 Å². The van der Waals surface area contributed by atoms with Gasteiger partial charge in [-0.1, -0.05) is 25.0 Å². The number of carbonyl (C=O) groups is 1. The summed E-state index contributed by atoms with van der Waals surface area (Å²) < 4.78 is 13.1. The largest absolute Gasteiger partial charge is 0.352 e. The molecule has 3 rings (SSSR count). The third kappa shape index (κ3) is 5.16. The molecule has 140 valence electrons. The molecule has 0 radical (unpaired) electrons. The Kier molecular flexibility index (Phi) is 7.66. The maximum atomic E-state index is 13.1. The van der Waals surface area contributed by atoms with Crippen LogP contribution in [0.5, 0.6) is 0 Å². The minimum absolute atomic E-state index is 0. The Labute approximate surface area is 155 Å². The molecule has 0 bridgehead atoms. The molecule has 3 N–H and O–H groups in total. The number of hydrogen-bond donors (Lipinski definition) is 2. The van der Waals surface area contributed by atoms with Crippen LogP contribution >= 0.6 is 12.4 Å². The molecule has 6 heteroatoms. The van der Waals surface area contributed by atoms with Crippen molar-refractivity contribution < 1.29 is 9.18 Å². The average Bonchev–Trinajstić information content (AvgIpc) is 3.04. The topological polar surface area (TPSA) is 58.4 Å². The highest BCUT2D eigenvalue weighted by atomic mass is 35.5. The van der Waals surface area contributed by atoms with E-state index >= 15 is 0 Å². The maximum absolute atomic E-state index is 13.1. The summed E-state index contributed by atoms with van der Waals surface area (Å²) in [5.41, 5.74) is 6.88. The van der Waals surface area contributed by atoms with Crippen LogP contribution in [0.15, 0.2) is 24.3 Å². The summed E-state index contributed by atoms with van der Waals surface area (Å²) >= 11 is 0. The molecular formula is C19H29ClFN3O. The van der Waals surface area contributed by atoms with Gasteiger partial charge in [-0.05, 0) is 62.4 Å². The predicted octanol–water partition coefficient (Wildman–Crippen LogP) is 2.85. The van der Waals surface area contributed by atoms with Crippen LogP contribution in [0.1, 0.15) is 44.1 Å². The molecule has 4 nitrogen and oxygen atoms in total. The molecule has 1 saturated heterocycles. The number of piperidine rings is 1. The molecule has 2 fully saturated rings. The zero-order chi connectivity index (χ0) is 16.9. The molecule has 1 saturated carbocycles. The first-order valence-corrected chi connectivity index (χ1v) is 9.16. The number of halogens is 2. The molecule has 0 spiro atoms. The van der Waals surface area contributed by atoms with E-state index in [1.165, 1.54) is 12.1 Å². The minimum Gasteiger partial charge on any atom is -0.352 e. The number of carbonyl (C=O) groups excluding carboxylic acids is 1. The van der Waals surface area contributed by atoms with Crippen LogP contribution in [-0.2, 0) is 11.3 Å². The standard InChI is InChI=1S/C19H28FN3O.ClH/c20-16-9-7-14(8-10-16)13-23-11-2-1-6-18(23)19(24)22-17-5-3-4-15(17)12-21;/h7-10,15,17-18H,1-6,11-13,21H2,(H,22,24);1H. The highest BCUT2D eigenvalue weighted by Crippen LogP contribution is 2.26. The summed E-state index contributed by atoms with van der Waals surface area (Å²) in [6, 6.07) is 6.73. The van der Waals surface area contributed by atoms with Crippen LogP contribution in [0.3, 0.4) is 0 Å². The van der Waals surface area contributed by atoms with E-state index in [4.69, 9.17) is 5.73 Å². The molecule has 1 aromatic rings. The number of nitrogens with zero attached hydrogens (tertiary/aromatic N) is 1. The zero-order valence-corrected chi connectivity index (χ0v) is 15.4. The van der Waals surface area contributed by atoms with Gasteiger partial charge in [-0.3, -0.25) is 9.69 Å². The van der Waals surface area contributed by atoms with Gasteiger partial charge in [0.25, 0.3) is 0 Å². The number of amides is 1. The maximum Gasteiger partial charge on any atom is 0.237 e. The lowest BCUT2D eigenvalue weighted by atomic mass is 9.98. The fourth-order valence-corrected chi connectivity index (χ4v) is 4.09. The summed E-state index contributed by atoms with van der Waals surface area (Å²) in [7, 11) is 0. The van der Waals surface area contributed by atoms with Crippen molar-refractivity contribution in [3.05, 3.63) is 35.6 Å². The van der Waals surface area contributed by atoms with E-state index in [0.29, 0.717) is 19.0 Å². The van der Waals surface area contributed by atoms with Gasteiger partial charge in [0.05, 0.1) is 6.04 Å². The van der Waals surface area contributed by atoms with Crippen molar-refractivity contribution in [2.24, 2.45) is 11.7 Å². The van der Waals surface area contributed by atoms with Gasteiger partial charge in [-0.2, -0.15) is 0 Å². The predicted molar refractivity (Wildman–Crippen MR) is 100 cm³/mol. The Morgan fingerprint density at radius 3 is 2.64 bits per heavy atom. The second-order valence-electron chi connectivity index (χ2n) is 7.15. The number of nitrogens with one attached hydrogen (secondary N) is 1. The Balaban J connectivity index is 0.00000225. The molecule has 3 unspecified atom stereocenters. The van der Waals surface area contributed by atoms with Gasteiger partial charge in [-0.25, -0.2) is 4.39 Å². The van der Waals surface area contributed by atoms with Crippen LogP contribution in [0.25, 0.3) is 0 Å².